The van der Waals surface area contributed by atoms with E-state index in [1.54, 1.807) is 24.4 Å². The largest absolute Gasteiger partial charge is 0.369 e. The van der Waals surface area contributed by atoms with Crippen molar-refractivity contribution >= 4 is 44.9 Å². The zero-order valence-electron chi connectivity index (χ0n) is 9.54. The van der Waals surface area contributed by atoms with E-state index in [2.05, 4.69) is 31.2 Å². The minimum atomic E-state index is 0.543. The van der Waals surface area contributed by atoms with Crippen LogP contribution in [0.4, 0.5) is 5.82 Å². The van der Waals surface area contributed by atoms with E-state index >= 15 is 0 Å². The van der Waals surface area contributed by atoms with E-state index in [1.807, 2.05) is 6.92 Å². The summed E-state index contributed by atoms with van der Waals surface area (Å²) in [6, 6.07) is 5.22. The standard InChI is InChI=1S/C12H10BrCl2N3/c1-2-16-12-9(13)6-17-11(18-12)8-5-7(14)3-4-10(8)15/h3-6H,2H2,1H3,(H,16,17,18). The Morgan fingerprint density at radius 1 is 1.33 bits per heavy atom. The molecule has 1 aromatic heterocycles. The fourth-order valence-corrected chi connectivity index (χ4v) is 2.16. The Bertz CT molecular complexity index is 575. The highest BCUT2D eigenvalue weighted by molar-refractivity contribution is 9.10. The lowest BCUT2D eigenvalue weighted by Crippen LogP contribution is -2.02. The third-order valence-corrected chi connectivity index (χ3v) is 3.40. The van der Waals surface area contributed by atoms with Crippen molar-refractivity contribution in [2.45, 2.75) is 6.92 Å². The molecule has 2 rings (SSSR count). The van der Waals surface area contributed by atoms with Crippen LogP contribution >= 0.6 is 39.1 Å². The average Bonchev–Trinajstić information content (AvgIpc) is 2.35. The maximum Gasteiger partial charge on any atom is 0.163 e. The number of benzene rings is 1. The van der Waals surface area contributed by atoms with Crippen molar-refractivity contribution in [3.05, 3.63) is 38.9 Å². The molecule has 0 atom stereocenters. The zero-order valence-corrected chi connectivity index (χ0v) is 12.6. The molecule has 6 heteroatoms. The van der Waals surface area contributed by atoms with Crippen LogP contribution in [0.3, 0.4) is 0 Å². The van der Waals surface area contributed by atoms with Crippen molar-refractivity contribution in [2.75, 3.05) is 11.9 Å². The molecule has 1 aromatic carbocycles. The highest BCUT2D eigenvalue weighted by atomic mass is 79.9. The van der Waals surface area contributed by atoms with Gasteiger partial charge in [0.1, 0.15) is 5.82 Å². The SMILES string of the molecule is CCNc1nc(-c2cc(Cl)ccc2Cl)ncc1Br. The second-order valence-corrected chi connectivity index (χ2v) is 5.24. The predicted octanol–water partition coefficient (Wildman–Crippen LogP) is 4.64. The van der Waals surface area contributed by atoms with E-state index in [1.165, 1.54) is 0 Å². The van der Waals surface area contributed by atoms with Crippen molar-refractivity contribution in [1.29, 1.82) is 0 Å². The molecule has 94 valence electrons. The molecule has 0 saturated carbocycles. The van der Waals surface area contributed by atoms with Crippen molar-refractivity contribution in [3.8, 4) is 11.4 Å². The van der Waals surface area contributed by atoms with E-state index in [4.69, 9.17) is 23.2 Å². The number of hydrogen-bond acceptors (Lipinski definition) is 3. The quantitative estimate of drug-likeness (QED) is 0.879. The maximum atomic E-state index is 6.13. The Morgan fingerprint density at radius 2 is 2.11 bits per heavy atom. The fourth-order valence-electron chi connectivity index (χ4n) is 1.46. The second-order valence-electron chi connectivity index (χ2n) is 3.54. The van der Waals surface area contributed by atoms with Crippen LogP contribution < -0.4 is 5.32 Å². The van der Waals surface area contributed by atoms with E-state index in [0.717, 1.165) is 22.4 Å². The van der Waals surface area contributed by atoms with Crippen LogP contribution in [0, 0.1) is 0 Å². The summed E-state index contributed by atoms with van der Waals surface area (Å²) in [4.78, 5) is 8.67. The molecule has 0 fully saturated rings. The van der Waals surface area contributed by atoms with Gasteiger partial charge >= 0.3 is 0 Å². The van der Waals surface area contributed by atoms with Gasteiger partial charge in [0.15, 0.2) is 5.82 Å². The molecule has 0 aliphatic carbocycles. The van der Waals surface area contributed by atoms with Crippen molar-refractivity contribution < 1.29 is 0 Å². The minimum absolute atomic E-state index is 0.543. The zero-order chi connectivity index (χ0) is 13.1. The van der Waals surface area contributed by atoms with Crippen LogP contribution in [0.15, 0.2) is 28.9 Å². The minimum Gasteiger partial charge on any atom is -0.369 e. The van der Waals surface area contributed by atoms with Gasteiger partial charge in [0.05, 0.1) is 9.50 Å². The third-order valence-electron chi connectivity index (χ3n) is 2.26. The third kappa shape index (κ3) is 2.94. The topological polar surface area (TPSA) is 37.8 Å². The lowest BCUT2D eigenvalue weighted by atomic mass is 10.2. The molecule has 0 bridgehead atoms. The van der Waals surface area contributed by atoms with Gasteiger partial charge in [-0.15, -0.1) is 0 Å². The van der Waals surface area contributed by atoms with Crippen molar-refractivity contribution in [2.24, 2.45) is 0 Å². The number of rotatable bonds is 3. The highest BCUT2D eigenvalue weighted by Crippen LogP contribution is 2.30. The predicted molar refractivity (Wildman–Crippen MR) is 79.4 cm³/mol. The van der Waals surface area contributed by atoms with Crippen LogP contribution in [0.5, 0.6) is 0 Å². The average molecular weight is 347 g/mol. The molecule has 18 heavy (non-hydrogen) atoms. The van der Waals surface area contributed by atoms with Gasteiger partial charge in [-0.2, -0.15) is 0 Å². The molecule has 2 aromatic rings. The lowest BCUT2D eigenvalue weighted by molar-refractivity contribution is 1.10. The molecule has 3 nitrogen and oxygen atoms in total. The van der Waals surface area contributed by atoms with Crippen LogP contribution in [-0.4, -0.2) is 16.5 Å². The van der Waals surface area contributed by atoms with Crippen LogP contribution in [0.1, 0.15) is 6.92 Å². The molecule has 0 amide bonds. The van der Waals surface area contributed by atoms with Gasteiger partial charge in [-0.25, -0.2) is 9.97 Å². The molecular weight excluding hydrogens is 337 g/mol. The van der Waals surface area contributed by atoms with Crippen molar-refractivity contribution in [1.82, 2.24) is 9.97 Å². The van der Waals surface area contributed by atoms with Gasteiger partial charge in [-0.3, -0.25) is 0 Å². The molecule has 0 radical (unpaired) electrons. The number of nitrogens with zero attached hydrogens (tertiary/aromatic N) is 2. The Labute approximate surface area is 124 Å². The van der Waals surface area contributed by atoms with Crippen LogP contribution in [0.2, 0.25) is 10.0 Å². The monoisotopic (exact) mass is 345 g/mol. The molecule has 1 heterocycles. The summed E-state index contributed by atoms with van der Waals surface area (Å²) >= 11 is 15.5. The molecule has 0 unspecified atom stereocenters. The Hall–Kier alpha value is -0.840. The van der Waals surface area contributed by atoms with E-state index in [-0.39, 0.29) is 0 Å². The summed E-state index contributed by atoms with van der Waals surface area (Å²) in [6.45, 7) is 2.78. The Morgan fingerprint density at radius 3 is 2.83 bits per heavy atom. The number of aromatic nitrogens is 2. The van der Waals surface area contributed by atoms with Gasteiger partial charge in [0.25, 0.3) is 0 Å². The smallest absolute Gasteiger partial charge is 0.163 e. The van der Waals surface area contributed by atoms with Gasteiger partial charge in [0, 0.05) is 23.3 Å². The molecule has 0 saturated heterocycles. The highest BCUT2D eigenvalue weighted by Gasteiger charge is 2.10. The first-order chi connectivity index (χ1) is 8.61. The second kappa shape index (κ2) is 5.87. The number of anilines is 1. The Kier molecular flexibility index (Phi) is 4.43. The first-order valence-corrected chi connectivity index (χ1v) is 6.88. The first-order valence-electron chi connectivity index (χ1n) is 5.33. The normalized spacial score (nSPS) is 10.4. The van der Waals surface area contributed by atoms with E-state index < -0.39 is 0 Å². The van der Waals surface area contributed by atoms with E-state index in [0.29, 0.717) is 15.9 Å². The molecule has 0 spiro atoms. The molecule has 1 N–H and O–H groups in total. The Balaban J connectivity index is 2.50. The summed E-state index contributed by atoms with van der Waals surface area (Å²) in [5.41, 5.74) is 0.718. The number of halogens is 3. The van der Waals surface area contributed by atoms with Crippen LogP contribution in [-0.2, 0) is 0 Å². The van der Waals surface area contributed by atoms with E-state index in [9.17, 15) is 0 Å². The molecule has 0 aliphatic rings. The van der Waals surface area contributed by atoms with Crippen LogP contribution in [0.25, 0.3) is 11.4 Å². The summed E-state index contributed by atoms with van der Waals surface area (Å²) in [7, 11) is 0. The first kappa shape index (κ1) is 13.6. The summed E-state index contributed by atoms with van der Waals surface area (Å²) < 4.78 is 0.811. The molecule has 0 aliphatic heterocycles. The van der Waals surface area contributed by atoms with Gasteiger partial charge < -0.3 is 5.32 Å². The van der Waals surface area contributed by atoms with Gasteiger partial charge in [-0.1, -0.05) is 23.2 Å². The van der Waals surface area contributed by atoms with Gasteiger partial charge in [-0.05, 0) is 41.1 Å². The molecular formula is C12H10BrCl2N3. The number of hydrogen-bond donors (Lipinski definition) is 1. The maximum absolute atomic E-state index is 6.13. The summed E-state index contributed by atoms with van der Waals surface area (Å²) in [5.74, 6) is 1.28. The fraction of sp³-hybridized carbons (Fsp3) is 0.167. The van der Waals surface area contributed by atoms with Crippen molar-refractivity contribution in [3.63, 3.8) is 0 Å². The lowest BCUT2D eigenvalue weighted by Gasteiger charge is -2.08. The summed E-state index contributed by atoms with van der Waals surface area (Å²) in [5, 5.41) is 4.32. The van der Waals surface area contributed by atoms with Gasteiger partial charge in [0.2, 0.25) is 0 Å². The number of nitrogens with one attached hydrogen (secondary N) is 1. The summed E-state index contributed by atoms with van der Waals surface area (Å²) in [6.07, 6.45) is 1.69.